The normalized spacial score (nSPS) is 16.6. The number of alkyl halides is 2. The Morgan fingerprint density at radius 2 is 1.68 bits per heavy atom. The zero-order chi connectivity index (χ0) is 27.4. The lowest BCUT2D eigenvalue weighted by Gasteiger charge is -2.34. The Morgan fingerprint density at radius 3 is 2.32 bits per heavy atom. The van der Waals surface area contributed by atoms with Crippen molar-refractivity contribution in [3.8, 4) is 16.9 Å². The van der Waals surface area contributed by atoms with E-state index in [0.29, 0.717) is 22.5 Å². The van der Waals surface area contributed by atoms with Crippen molar-refractivity contribution in [2.24, 2.45) is 0 Å². The van der Waals surface area contributed by atoms with Crippen molar-refractivity contribution in [2.75, 3.05) is 19.1 Å². The first kappa shape index (κ1) is 26.2. The van der Waals surface area contributed by atoms with Crippen LogP contribution in [0.2, 0.25) is 0 Å². The second-order valence-corrected chi connectivity index (χ2v) is 13.0. The molecule has 0 radical (unpaired) electrons. The largest absolute Gasteiger partial charge is 0.434 e. The van der Waals surface area contributed by atoms with Crippen molar-refractivity contribution in [3.63, 3.8) is 0 Å². The molecule has 200 valence electrons. The Bertz CT molecular complexity index is 1760. The molecule has 5 rings (SSSR count). The highest BCUT2D eigenvalue weighted by Gasteiger charge is 2.35. The van der Waals surface area contributed by atoms with E-state index in [1.54, 1.807) is 16.7 Å². The molecule has 8 nitrogen and oxygen atoms in total. The van der Waals surface area contributed by atoms with Crippen LogP contribution in [0.15, 0.2) is 65.6 Å². The van der Waals surface area contributed by atoms with E-state index >= 15 is 4.39 Å². The molecule has 0 aliphatic carbocycles. The number of ether oxygens (including phenoxy) is 1. The van der Waals surface area contributed by atoms with Crippen LogP contribution in [0.5, 0.6) is 5.75 Å². The Hall–Kier alpha value is -3.42. The number of hydrogen-bond acceptors (Lipinski definition) is 6. The lowest BCUT2D eigenvalue weighted by atomic mass is 10.0. The SMILES string of the molecule is CS(=O)(=O)c1ccc(-c2cc3c(cc2F)nc2n3[C@H](c3ccccc3OC(F)F)CN(S(C)(=O)=O)C2)cc1. The van der Waals surface area contributed by atoms with Gasteiger partial charge in [0.05, 0.1) is 34.8 Å². The average molecular weight is 566 g/mol. The van der Waals surface area contributed by atoms with E-state index in [1.165, 1.54) is 52.8 Å². The van der Waals surface area contributed by atoms with Crippen LogP contribution in [-0.4, -0.2) is 56.4 Å². The molecule has 0 amide bonds. The molecule has 0 bridgehead atoms. The maximum absolute atomic E-state index is 15.2. The maximum Gasteiger partial charge on any atom is 0.387 e. The average Bonchev–Trinajstić information content (AvgIpc) is 3.19. The van der Waals surface area contributed by atoms with E-state index in [2.05, 4.69) is 4.98 Å². The van der Waals surface area contributed by atoms with Crippen LogP contribution in [0.3, 0.4) is 0 Å². The number of aromatic nitrogens is 2. The molecule has 2 heterocycles. The first-order valence-electron chi connectivity index (χ1n) is 11.3. The van der Waals surface area contributed by atoms with Gasteiger partial charge in [-0.1, -0.05) is 30.3 Å². The molecule has 1 atom stereocenters. The molecule has 38 heavy (non-hydrogen) atoms. The third kappa shape index (κ3) is 4.88. The highest BCUT2D eigenvalue weighted by Crippen LogP contribution is 2.38. The molecule has 1 aliphatic rings. The number of fused-ring (bicyclic) bond motifs is 3. The number of nitrogens with zero attached hydrogens (tertiary/aromatic N) is 3. The second kappa shape index (κ2) is 9.40. The summed E-state index contributed by atoms with van der Waals surface area (Å²) in [6, 6.07) is 13.8. The van der Waals surface area contributed by atoms with Crippen LogP contribution < -0.4 is 4.74 Å². The van der Waals surface area contributed by atoms with E-state index in [1.807, 2.05) is 0 Å². The molecule has 1 aromatic heterocycles. The fourth-order valence-electron chi connectivity index (χ4n) is 4.67. The zero-order valence-corrected chi connectivity index (χ0v) is 21.8. The minimum Gasteiger partial charge on any atom is -0.434 e. The van der Waals surface area contributed by atoms with Gasteiger partial charge in [0.2, 0.25) is 10.0 Å². The van der Waals surface area contributed by atoms with Crippen molar-refractivity contribution >= 4 is 30.9 Å². The Morgan fingerprint density at radius 1 is 1.00 bits per heavy atom. The van der Waals surface area contributed by atoms with Crippen LogP contribution in [0.25, 0.3) is 22.2 Å². The van der Waals surface area contributed by atoms with Crippen molar-refractivity contribution in [1.82, 2.24) is 13.9 Å². The summed E-state index contributed by atoms with van der Waals surface area (Å²) in [6.07, 6.45) is 2.12. The molecule has 0 unspecified atom stereocenters. The zero-order valence-electron chi connectivity index (χ0n) is 20.2. The van der Waals surface area contributed by atoms with Crippen LogP contribution >= 0.6 is 0 Å². The standard InChI is InChI=1S/C25H22F3N3O5S2/c1-37(32,33)16-9-7-15(8-10-16)18-11-21-20(12-19(18)26)29-24-14-30(38(2,34)35)13-22(31(21)24)17-5-3-4-6-23(17)36-25(27)28/h3-12,22,25H,13-14H2,1-2H3/t22-/m0/s1. The molecule has 1 aliphatic heterocycles. The summed E-state index contributed by atoms with van der Waals surface area (Å²) < 4.78 is 97.8. The number of halogens is 3. The molecule has 4 aromatic rings. The molecule has 3 aromatic carbocycles. The highest BCUT2D eigenvalue weighted by molar-refractivity contribution is 7.90. The Labute approximate surface area is 217 Å². The van der Waals surface area contributed by atoms with Gasteiger partial charge in [-0.05, 0) is 29.8 Å². The third-order valence-corrected chi connectivity index (χ3v) is 8.76. The van der Waals surface area contributed by atoms with E-state index in [9.17, 15) is 25.6 Å². The predicted molar refractivity (Wildman–Crippen MR) is 135 cm³/mol. The number of sulfonamides is 1. The summed E-state index contributed by atoms with van der Waals surface area (Å²) in [5.41, 5.74) is 1.60. The third-order valence-electron chi connectivity index (χ3n) is 6.41. The summed E-state index contributed by atoms with van der Waals surface area (Å²) >= 11 is 0. The Kier molecular flexibility index (Phi) is 6.48. The number of sulfone groups is 1. The number of para-hydroxylation sites is 1. The maximum atomic E-state index is 15.2. The number of rotatable bonds is 6. The van der Waals surface area contributed by atoms with Gasteiger partial charge in [0.25, 0.3) is 0 Å². The topological polar surface area (TPSA) is 98.6 Å². The minimum absolute atomic E-state index is 0.0843. The highest BCUT2D eigenvalue weighted by atomic mass is 32.2. The van der Waals surface area contributed by atoms with Crippen molar-refractivity contribution in [1.29, 1.82) is 0 Å². The van der Waals surface area contributed by atoms with Gasteiger partial charge in [-0.3, -0.25) is 0 Å². The molecule has 0 saturated carbocycles. The van der Waals surface area contributed by atoms with Gasteiger partial charge >= 0.3 is 6.61 Å². The summed E-state index contributed by atoms with van der Waals surface area (Å²) in [5.74, 6) is -0.426. The summed E-state index contributed by atoms with van der Waals surface area (Å²) in [5, 5.41) is 0. The second-order valence-electron chi connectivity index (χ2n) is 9.00. The molecular weight excluding hydrogens is 543 g/mol. The van der Waals surface area contributed by atoms with Gasteiger partial charge in [-0.2, -0.15) is 13.1 Å². The van der Waals surface area contributed by atoms with Gasteiger partial charge in [-0.15, -0.1) is 0 Å². The lowest BCUT2D eigenvalue weighted by Crippen LogP contribution is -2.41. The van der Waals surface area contributed by atoms with E-state index < -0.39 is 38.3 Å². The quantitative estimate of drug-likeness (QED) is 0.347. The molecule has 0 saturated heterocycles. The van der Waals surface area contributed by atoms with Gasteiger partial charge in [0, 0.05) is 30.0 Å². The van der Waals surface area contributed by atoms with E-state index in [0.717, 1.165) is 12.5 Å². The van der Waals surface area contributed by atoms with Crippen molar-refractivity contribution in [2.45, 2.75) is 24.1 Å². The van der Waals surface area contributed by atoms with Crippen LogP contribution in [0, 0.1) is 5.82 Å². The minimum atomic E-state index is -3.69. The summed E-state index contributed by atoms with van der Waals surface area (Å²) in [4.78, 5) is 4.56. The van der Waals surface area contributed by atoms with Crippen molar-refractivity contribution in [3.05, 3.63) is 77.9 Å². The predicted octanol–water partition coefficient (Wildman–Crippen LogP) is 4.21. The summed E-state index contributed by atoms with van der Waals surface area (Å²) in [7, 11) is -7.14. The molecule has 13 heteroatoms. The van der Waals surface area contributed by atoms with Crippen LogP contribution in [0.4, 0.5) is 13.2 Å². The van der Waals surface area contributed by atoms with Gasteiger partial charge in [0.15, 0.2) is 9.84 Å². The number of hydrogen-bond donors (Lipinski definition) is 0. The first-order chi connectivity index (χ1) is 17.8. The van der Waals surface area contributed by atoms with E-state index in [4.69, 9.17) is 4.74 Å². The fraction of sp³-hybridized carbons (Fsp3) is 0.240. The molecular formula is C25H22F3N3O5S2. The number of imidazole rings is 1. The van der Waals surface area contributed by atoms with Gasteiger partial charge in [0.1, 0.15) is 17.4 Å². The Balaban J connectivity index is 1.71. The monoisotopic (exact) mass is 565 g/mol. The summed E-state index contributed by atoms with van der Waals surface area (Å²) in [6.45, 7) is -3.28. The van der Waals surface area contributed by atoms with Crippen molar-refractivity contribution < 1.29 is 34.7 Å². The van der Waals surface area contributed by atoms with Gasteiger partial charge < -0.3 is 9.30 Å². The smallest absolute Gasteiger partial charge is 0.387 e. The molecule has 0 fully saturated rings. The van der Waals surface area contributed by atoms with Crippen LogP contribution in [0.1, 0.15) is 17.4 Å². The molecule has 0 spiro atoms. The molecule has 0 N–H and O–H groups in total. The van der Waals surface area contributed by atoms with E-state index in [-0.39, 0.29) is 34.8 Å². The first-order valence-corrected chi connectivity index (χ1v) is 15.1. The number of benzene rings is 3. The van der Waals surface area contributed by atoms with Gasteiger partial charge in [-0.25, -0.2) is 26.2 Å². The van der Waals surface area contributed by atoms with Crippen LogP contribution in [-0.2, 0) is 26.4 Å². The fourth-order valence-corrected chi connectivity index (χ4v) is 6.07. The lowest BCUT2D eigenvalue weighted by molar-refractivity contribution is -0.0508.